The number of aryl methyl sites for hydroxylation is 1. The maximum atomic E-state index is 13.2. The highest BCUT2D eigenvalue weighted by atomic mass is 19.3. The second-order valence-electron chi connectivity index (χ2n) is 7.24. The minimum Gasteiger partial charge on any atom is -0.474 e. The standard InChI is InChI=1S/C22H19F3N6O2/c1-13(17-6-5-16(23)12-26-17)29-22(32)31-7-8-33-21-18(31)9-14(10-27-21)3-4-15-11-28-30(2)19(15)20(24)25/h5-6,9-13,20H,7-8H2,1-2H3,(H,29,32)/t13-/m0/s1. The van der Waals surface area contributed by atoms with Gasteiger partial charge in [-0.05, 0) is 25.1 Å². The van der Waals surface area contributed by atoms with Crippen LogP contribution < -0.4 is 15.0 Å². The molecule has 1 aliphatic heterocycles. The molecule has 0 fully saturated rings. The zero-order chi connectivity index (χ0) is 23.5. The van der Waals surface area contributed by atoms with Crippen LogP contribution in [-0.4, -0.2) is 38.9 Å². The maximum Gasteiger partial charge on any atom is 0.322 e. The van der Waals surface area contributed by atoms with E-state index >= 15 is 0 Å². The number of pyridine rings is 2. The summed E-state index contributed by atoms with van der Waals surface area (Å²) in [5, 5.41) is 6.64. The van der Waals surface area contributed by atoms with Crippen molar-refractivity contribution in [3.05, 3.63) is 65.1 Å². The second-order valence-corrected chi connectivity index (χ2v) is 7.24. The molecule has 170 valence electrons. The van der Waals surface area contributed by atoms with Crippen LogP contribution in [0.15, 0.2) is 36.8 Å². The molecule has 1 N–H and O–H groups in total. The molecule has 8 nitrogen and oxygen atoms in total. The van der Waals surface area contributed by atoms with E-state index in [1.54, 1.807) is 13.0 Å². The predicted octanol–water partition coefficient (Wildman–Crippen LogP) is 3.36. The number of halogens is 3. The molecule has 0 unspecified atom stereocenters. The first-order valence-electron chi connectivity index (χ1n) is 9.98. The summed E-state index contributed by atoms with van der Waals surface area (Å²) in [6.45, 7) is 2.24. The molecular formula is C22H19F3N6O2. The fourth-order valence-electron chi connectivity index (χ4n) is 3.30. The summed E-state index contributed by atoms with van der Waals surface area (Å²) < 4.78 is 46.2. The first-order valence-corrected chi connectivity index (χ1v) is 9.98. The summed E-state index contributed by atoms with van der Waals surface area (Å²) in [5.74, 6) is 5.27. The lowest BCUT2D eigenvalue weighted by Gasteiger charge is -2.29. The van der Waals surface area contributed by atoms with Crippen LogP contribution in [-0.2, 0) is 7.05 Å². The SMILES string of the molecule is C[C@H](NC(=O)N1CCOc2ncc(C#Cc3cnn(C)c3C(F)F)cc21)c1ccc(F)cn1. The van der Waals surface area contributed by atoms with Gasteiger partial charge in [0, 0.05) is 18.8 Å². The molecule has 3 aromatic heterocycles. The minimum atomic E-state index is -2.71. The summed E-state index contributed by atoms with van der Waals surface area (Å²) >= 11 is 0. The Hall–Kier alpha value is -4.07. The molecule has 1 atom stereocenters. The van der Waals surface area contributed by atoms with E-state index in [-0.39, 0.29) is 30.3 Å². The van der Waals surface area contributed by atoms with Crippen molar-refractivity contribution in [3.8, 4) is 17.7 Å². The zero-order valence-corrected chi connectivity index (χ0v) is 17.7. The largest absolute Gasteiger partial charge is 0.474 e. The molecule has 4 heterocycles. The fraction of sp³-hybridized carbons (Fsp3) is 0.273. The van der Waals surface area contributed by atoms with Gasteiger partial charge in [-0.15, -0.1) is 0 Å². The van der Waals surface area contributed by atoms with E-state index in [0.29, 0.717) is 16.9 Å². The monoisotopic (exact) mass is 456 g/mol. The number of nitrogens with one attached hydrogen (secondary N) is 1. The molecule has 2 amide bonds. The molecule has 1 aliphatic rings. The van der Waals surface area contributed by atoms with Crippen LogP contribution in [0, 0.1) is 17.7 Å². The van der Waals surface area contributed by atoms with Crippen LogP contribution >= 0.6 is 0 Å². The second kappa shape index (κ2) is 9.20. The third kappa shape index (κ3) is 4.74. The Bertz CT molecular complexity index is 1230. The molecule has 33 heavy (non-hydrogen) atoms. The third-order valence-corrected chi connectivity index (χ3v) is 4.99. The lowest BCUT2D eigenvalue weighted by molar-refractivity contribution is 0.140. The van der Waals surface area contributed by atoms with Crippen LogP contribution in [0.25, 0.3) is 0 Å². The number of anilines is 1. The molecule has 0 aromatic carbocycles. The number of alkyl halides is 2. The van der Waals surface area contributed by atoms with Gasteiger partial charge in [-0.1, -0.05) is 11.8 Å². The zero-order valence-electron chi connectivity index (χ0n) is 17.7. The number of urea groups is 1. The average molecular weight is 456 g/mol. The number of hydrogen-bond acceptors (Lipinski definition) is 5. The van der Waals surface area contributed by atoms with E-state index in [9.17, 15) is 18.0 Å². The Morgan fingerprint density at radius 2 is 2.03 bits per heavy atom. The summed E-state index contributed by atoms with van der Waals surface area (Å²) in [5.41, 5.74) is 1.14. The van der Waals surface area contributed by atoms with Crippen molar-refractivity contribution >= 4 is 11.7 Å². The van der Waals surface area contributed by atoms with E-state index < -0.39 is 24.3 Å². The highest BCUT2D eigenvalue weighted by Crippen LogP contribution is 2.30. The van der Waals surface area contributed by atoms with Gasteiger partial charge in [-0.3, -0.25) is 14.6 Å². The maximum absolute atomic E-state index is 13.2. The number of amides is 2. The molecule has 4 rings (SSSR count). The van der Waals surface area contributed by atoms with Crippen molar-refractivity contribution in [1.82, 2.24) is 25.1 Å². The lowest BCUT2D eigenvalue weighted by atomic mass is 10.2. The van der Waals surface area contributed by atoms with Gasteiger partial charge in [0.1, 0.15) is 23.8 Å². The molecular weight excluding hydrogens is 437 g/mol. The van der Waals surface area contributed by atoms with E-state index in [1.165, 1.54) is 36.5 Å². The van der Waals surface area contributed by atoms with Gasteiger partial charge in [0.2, 0.25) is 5.88 Å². The number of ether oxygens (including phenoxy) is 1. The van der Waals surface area contributed by atoms with Crippen LogP contribution in [0.3, 0.4) is 0 Å². The molecule has 0 saturated heterocycles. The van der Waals surface area contributed by atoms with Gasteiger partial charge in [0.05, 0.1) is 36.2 Å². The van der Waals surface area contributed by atoms with E-state index in [2.05, 4.69) is 32.2 Å². The summed E-state index contributed by atoms with van der Waals surface area (Å²) in [4.78, 5) is 22.6. The smallest absolute Gasteiger partial charge is 0.322 e. The Labute approximate surface area is 187 Å². The van der Waals surface area contributed by atoms with Crippen molar-refractivity contribution in [2.75, 3.05) is 18.1 Å². The number of fused-ring (bicyclic) bond motifs is 1. The Morgan fingerprint density at radius 1 is 1.21 bits per heavy atom. The van der Waals surface area contributed by atoms with E-state index in [1.807, 2.05) is 0 Å². The molecule has 0 aliphatic carbocycles. The third-order valence-electron chi connectivity index (χ3n) is 4.99. The van der Waals surface area contributed by atoms with Gasteiger partial charge in [0.15, 0.2) is 0 Å². The van der Waals surface area contributed by atoms with Gasteiger partial charge < -0.3 is 10.1 Å². The summed E-state index contributed by atoms with van der Waals surface area (Å²) in [6.07, 6.45) is 1.08. The number of carbonyl (C=O) groups is 1. The lowest BCUT2D eigenvalue weighted by Crippen LogP contribution is -2.45. The molecule has 3 aromatic rings. The van der Waals surface area contributed by atoms with Gasteiger partial charge in [-0.2, -0.15) is 5.10 Å². The number of carbonyl (C=O) groups excluding carboxylic acids is 1. The highest BCUT2D eigenvalue weighted by Gasteiger charge is 2.26. The average Bonchev–Trinajstić information content (AvgIpc) is 3.18. The quantitative estimate of drug-likeness (QED) is 0.611. The first-order chi connectivity index (χ1) is 15.8. The normalized spacial score (nSPS) is 13.6. The minimum absolute atomic E-state index is 0.108. The number of nitrogens with zero attached hydrogens (tertiary/aromatic N) is 5. The topological polar surface area (TPSA) is 85.2 Å². The molecule has 0 spiro atoms. The van der Waals surface area contributed by atoms with Crippen molar-refractivity contribution in [1.29, 1.82) is 0 Å². The van der Waals surface area contributed by atoms with Crippen molar-refractivity contribution in [2.24, 2.45) is 7.05 Å². The van der Waals surface area contributed by atoms with Gasteiger partial charge in [-0.25, -0.2) is 22.9 Å². The Balaban J connectivity index is 1.56. The van der Waals surface area contributed by atoms with Crippen molar-refractivity contribution in [2.45, 2.75) is 19.4 Å². The van der Waals surface area contributed by atoms with Crippen LogP contribution in [0.2, 0.25) is 0 Å². The Kier molecular flexibility index (Phi) is 6.17. The molecule has 0 bridgehead atoms. The molecule has 0 saturated carbocycles. The number of hydrogen-bond donors (Lipinski definition) is 1. The molecule has 11 heteroatoms. The fourth-order valence-corrected chi connectivity index (χ4v) is 3.30. The first kappa shape index (κ1) is 22.1. The van der Waals surface area contributed by atoms with Gasteiger partial charge in [0.25, 0.3) is 6.43 Å². The van der Waals surface area contributed by atoms with Crippen molar-refractivity contribution < 1.29 is 22.7 Å². The van der Waals surface area contributed by atoms with Crippen LogP contribution in [0.5, 0.6) is 5.88 Å². The number of aromatic nitrogens is 4. The van der Waals surface area contributed by atoms with Crippen LogP contribution in [0.4, 0.5) is 23.7 Å². The Morgan fingerprint density at radius 3 is 2.76 bits per heavy atom. The van der Waals surface area contributed by atoms with E-state index in [4.69, 9.17) is 4.74 Å². The summed E-state index contributed by atoms with van der Waals surface area (Å²) in [6, 6.07) is 3.48. The van der Waals surface area contributed by atoms with Crippen LogP contribution in [0.1, 0.15) is 41.9 Å². The van der Waals surface area contributed by atoms with Gasteiger partial charge >= 0.3 is 6.03 Å². The highest BCUT2D eigenvalue weighted by molar-refractivity contribution is 5.94. The predicted molar refractivity (Wildman–Crippen MR) is 112 cm³/mol. The van der Waals surface area contributed by atoms with E-state index in [0.717, 1.165) is 10.9 Å². The number of rotatable bonds is 3. The molecule has 0 radical (unpaired) electrons. The summed E-state index contributed by atoms with van der Waals surface area (Å²) in [7, 11) is 1.42. The van der Waals surface area contributed by atoms with Crippen molar-refractivity contribution in [3.63, 3.8) is 0 Å².